The number of nitrogens with zero attached hydrogens (tertiary/aromatic N) is 3. The third kappa shape index (κ3) is 4.56. The highest BCUT2D eigenvalue weighted by Gasteiger charge is 2.33. The molecule has 1 N–H and O–H groups in total. The molecule has 33 heavy (non-hydrogen) atoms. The molecule has 0 unspecified atom stereocenters. The lowest BCUT2D eigenvalue weighted by molar-refractivity contribution is -0.118. The van der Waals surface area contributed by atoms with E-state index in [1.165, 1.54) is 22.8 Å². The fourth-order valence-corrected chi connectivity index (χ4v) is 4.42. The molecular weight excluding hydrogens is 415 g/mol. The lowest BCUT2D eigenvalue weighted by Crippen LogP contribution is -2.38. The second kappa shape index (κ2) is 9.00. The van der Waals surface area contributed by atoms with Crippen LogP contribution in [0.3, 0.4) is 0 Å². The highest BCUT2D eigenvalue weighted by Crippen LogP contribution is 2.30. The number of carbonyl (C=O) groups is 1. The van der Waals surface area contributed by atoms with E-state index in [-0.39, 0.29) is 11.6 Å². The topological polar surface area (TPSA) is 50.2 Å². The molecule has 2 heterocycles. The van der Waals surface area contributed by atoms with Crippen molar-refractivity contribution >= 4 is 11.6 Å². The number of para-hydroxylation sites is 1. The highest BCUT2D eigenvalue weighted by atomic mass is 19.1. The minimum Gasteiger partial charge on any atom is -0.323 e. The van der Waals surface area contributed by atoms with Crippen LogP contribution in [-0.2, 0) is 24.9 Å². The van der Waals surface area contributed by atoms with E-state index in [1.807, 2.05) is 31.4 Å². The molecular formula is C27H25FN4O. The van der Waals surface area contributed by atoms with Crippen molar-refractivity contribution in [3.8, 4) is 11.1 Å². The molecule has 5 rings (SSSR count). The zero-order valence-electron chi connectivity index (χ0n) is 18.4. The van der Waals surface area contributed by atoms with Gasteiger partial charge in [-0.3, -0.25) is 14.4 Å². The van der Waals surface area contributed by atoms with E-state index in [1.54, 1.807) is 22.9 Å². The smallest absolute Gasteiger partial charge is 0.234 e. The summed E-state index contributed by atoms with van der Waals surface area (Å²) in [6.07, 6.45) is 1.96. The van der Waals surface area contributed by atoms with Gasteiger partial charge in [-0.25, -0.2) is 4.39 Å². The molecule has 0 saturated carbocycles. The largest absolute Gasteiger partial charge is 0.323 e. The van der Waals surface area contributed by atoms with E-state index >= 15 is 0 Å². The van der Waals surface area contributed by atoms with Gasteiger partial charge in [0.15, 0.2) is 0 Å². The summed E-state index contributed by atoms with van der Waals surface area (Å²) >= 11 is 0. The van der Waals surface area contributed by atoms with Gasteiger partial charge in [-0.05, 0) is 28.8 Å². The summed E-state index contributed by atoms with van der Waals surface area (Å²) in [5, 5.41) is 7.29. The van der Waals surface area contributed by atoms with Gasteiger partial charge in [0.1, 0.15) is 5.82 Å². The van der Waals surface area contributed by atoms with Crippen LogP contribution in [0.4, 0.5) is 10.1 Å². The Kier molecular flexibility index (Phi) is 5.75. The minimum atomic E-state index is -0.474. The Bertz CT molecular complexity index is 1270. The molecule has 0 aliphatic carbocycles. The van der Waals surface area contributed by atoms with Crippen LogP contribution in [0.15, 0.2) is 85.1 Å². The molecule has 0 spiro atoms. The fourth-order valence-electron chi connectivity index (χ4n) is 4.42. The first-order chi connectivity index (χ1) is 16.1. The fraction of sp³-hybridized carbons (Fsp3) is 0.185. The predicted molar refractivity (Wildman–Crippen MR) is 127 cm³/mol. The van der Waals surface area contributed by atoms with Crippen molar-refractivity contribution in [2.45, 2.75) is 19.0 Å². The molecule has 6 heteroatoms. The number of aromatic nitrogens is 2. The van der Waals surface area contributed by atoms with Crippen molar-refractivity contribution in [3.63, 3.8) is 0 Å². The van der Waals surface area contributed by atoms with Gasteiger partial charge in [0.05, 0.1) is 17.3 Å². The molecule has 0 fully saturated rings. The number of rotatable bonds is 5. The van der Waals surface area contributed by atoms with Crippen molar-refractivity contribution in [3.05, 3.63) is 108 Å². The summed E-state index contributed by atoms with van der Waals surface area (Å²) in [7, 11) is 1.86. The van der Waals surface area contributed by atoms with Crippen molar-refractivity contribution in [2.75, 3.05) is 11.9 Å². The Labute approximate surface area is 192 Å². The van der Waals surface area contributed by atoms with Crippen LogP contribution >= 0.6 is 0 Å². The number of benzene rings is 3. The summed E-state index contributed by atoms with van der Waals surface area (Å²) in [4.78, 5) is 15.4. The molecule has 0 saturated heterocycles. The maximum atomic E-state index is 14.1. The Morgan fingerprint density at radius 1 is 1.00 bits per heavy atom. The van der Waals surface area contributed by atoms with Gasteiger partial charge in [0, 0.05) is 38.4 Å². The molecule has 1 aliphatic rings. The summed E-state index contributed by atoms with van der Waals surface area (Å²) in [6.45, 7) is 1.95. The Morgan fingerprint density at radius 2 is 1.70 bits per heavy atom. The Balaban J connectivity index is 1.34. The number of hydrogen-bond donors (Lipinski definition) is 1. The summed E-state index contributed by atoms with van der Waals surface area (Å²) in [6, 6.07) is 25.0. The maximum Gasteiger partial charge on any atom is 0.234 e. The van der Waals surface area contributed by atoms with Gasteiger partial charge < -0.3 is 5.32 Å². The number of aryl methyl sites for hydroxylation is 1. The normalized spacial score (nSPS) is 15.8. The van der Waals surface area contributed by atoms with Crippen LogP contribution in [-0.4, -0.2) is 27.1 Å². The van der Waals surface area contributed by atoms with Crippen LogP contribution in [0.2, 0.25) is 0 Å². The predicted octanol–water partition coefficient (Wildman–Crippen LogP) is 4.96. The number of amides is 1. The number of hydrogen-bond acceptors (Lipinski definition) is 3. The second-order valence-electron chi connectivity index (χ2n) is 8.47. The van der Waals surface area contributed by atoms with Crippen molar-refractivity contribution < 1.29 is 9.18 Å². The van der Waals surface area contributed by atoms with Crippen molar-refractivity contribution in [1.82, 2.24) is 14.7 Å². The van der Waals surface area contributed by atoms with Crippen LogP contribution in [0, 0.1) is 5.82 Å². The zero-order valence-corrected chi connectivity index (χ0v) is 18.4. The lowest BCUT2D eigenvalue weighted by atomic mass is 9.95. The average molecular weight is 441 g/mol. The third-order valence-electron chi connectivity index (χ3n) is 6.02. The highest BCUT2D eigenvalue weighted by molar-refractivity contribution is 5.96. The quantitative estimate of drug-likeness (QED) is 0.477. The van der Waals surface area contributed by atoms with Crippen LogP contribution in [0.5, 0.6) is 0 Å². The number of carbonyl (C=O) groups excluding carboxylic acids is 1. The monoisotopic (exact) mass is 440 g/mol. The van der Waals surface area contributed by atoms with Crippen LogP contribution < -0.4 is 5.32 Å². The van der Waals surface area contributed by atoms with Crippen LogP contribution in [0.25, 0.3) is 11.1 Å². The minimum absolute atomic E-state index is 0.189. The van der Waals surface area contributed by atoms with E-state index in [4.69, 9.17) is 0 Å². The summed E-state index contributed by atoms with van der Waals surface area (Å²) < 4.78 is 15.8. The van der Waals surface area contributed by atoms with Gasteiger partial charge in [0.2, 0.25) is 5.91 Å². The SMILES string of the molecule is Cn1cc2c(n1)[C@@H](C(=O)Nc1ccccc1F)CN(Cc1ccc(-c3ccccc3)cc1)C2. The lowest BCUT2D eigenvalue weighted by Gasteiger charge is -2.31. The number of halogens is 1. The zero-order chi connectivity index (χ0) is 22.8. The first-order valence-corrected chi connectivity index (χ1v) is 11.0. The van der Waals surface area contributed by atoms with Crippen molar-refractivity contribution in [2.24, 2.45) is 7.05 Å². The van der Waals surface area contributed by atoms with Crippen molar-refractivity contribution in [1.29, 1.82) is 0 Å². The number of nitrogens with one attached hydrogen (secondary N) is 1. The molecule has 5 nitrogen and oxygen atoms in total. The van der Waals surface area contributed by atoms with Gasteiger partial charge >= 0.3 is 0 Å². The Hall–Kier alpha value is -3.77. The van der Waals surface area contributed by atoms with E-state index in [9.17, 15) is 9.18 Å². The molecule has 1 amide bonds. The average Bonchev–Trinajstić information content (AvgIpc) is 3.21. The summed E-state index contributed by atoms with van der Waals surface area (Å²) in [5.41, 5.74) is 5.52. The molecule has 1 aliphatic heterocycles. The standard InChI is InChI=1S/C27H25FN4O/c1-31-16-22-17-32(15-19-11-13-21(14-12-19)20-7-3-2-4-8-20)18-23(26(22)30-31)27(33)29-25-10-6-5-9-24(25)28/h2-14,16,23H,15,17-18H2,1H3,(H,29,33)/t23-/m0/s1. The number of fused-ring (bicyclic) bond motifs is 1. The van der Waals surface area contributed by atoms with Crippen LogP contribution in [0.1, 0.15) is 22.7 Å². The third-order valence-corrected chi connectivity index (χ3v) is 6.02. The molecule has 3 aromatic carbocycles. The molecule has 0 bridgehead atoms. The molecule has 166 valence electrons. The van der Waals surface area contributed by atoms with Gasteiger partial charge in [-0.2, -0.15) is 5.10 Å². The first kappa shape index (κ1) is 21.1. The van der Waals surface area contributed by atoms with Gasteiger partial charge in [0.25, 0.3) is 0 Å². The molecule has 0 radical (unpaired) electrons. The molecule has 4 aromatic rings. The Morgan fingerprint density at radius 3 is 2.45 bits per heavy atom. The molecule has 1 atom stereocenters. The number of anilines is 1. The summed E-state index contributed by atoms with van der Waals surface area (Å²) in [5.74, 6) is -1.17. The van der Waals surface area contributed by atoms with E-state index in [0.29, 0.717) is 19.6 Å². The van der Waals surface area contributed by atoms with E-state index in [2.05, 4.69) is 51.7 Å². The maximum absolute atomic E-state index is 14.1. The van der Waals surface area contributed by atoms with E-state index < -0.39 is 11.7 Å². The van der Waals surface area contributed by atoms with Gasteiger partial charge in [-0.1, -0.05) is 66.7 Å². The first-order valence-electron chi connectivity index (χ1n) is 11.0. The van der Waals surface area contributed by atoms with Gasteiger partial charge in [-0.15, -0.1) is 0 Å². The van der Waals surface area contributed by atoms with E-state index in [0.717, 1.165) is 11.3 Å². The second-order valence-corrected chi connectivity index (χ2v) is 8.47. The molecule has 1 aromatic heterocycles.